The molecule has 2 aliphatic carbocycles. The van der Waals surface area contributed by atoms with Gasteiger partial charge in [-0.2, -0.15) is 10.2 Å². The summed E-state index contributed by atoms with van der Waals surface area (Å²) in [6.45, 7) is 13.7. The molecule has 2 nitrogen and oxygen atoms in total. The van der Waals surface area contributed by atoms with Gasteiger partial charge in [-0.05, 0) is 50.4 Å². The normalized spacial score (nSPS) is 40.1. The Labute approximate surface area is 136 Å². The lowest BCUT2D eigenvalue weighted by atomic mass is 9.75. The molecular formula is C20H32N2. The van der Waals surface area contributed by atoms with Crippen LogP contribution in [0, 0.1) is 35.5 Å². The van der Waals surface area contributed by atoms with E-state index in [0.29, 0.717) is 35.5 Å². The summed E-state index contributed by atoms with van der Waals surface area (Å²) in [5.74, 6) is 3.50. The van der Waals surface area contributed by atoms with Crippen LogP contribution in [-0.4, -0.2) is 12.4 Å². The lowest BCUT2D eigenvalue weighted by Crippen LogP contribution is -2.25. The molecular weight excluding hydrogens is 268 g/mol. The van der Waals surface area contributed by atoms with Crippen molar-refractivity contribution in [3.8, 4) is 0 Å². The first kappa shape index (κ1) is 17.2. The van der Waals surface area contributed by atoms with Crippen molar-refractivity contribution in [2.24, 2.45) is 45.7 Å². The van der Waals surface area contributed by atoms with E-state index in [-0.39, 0.29) is 0 Å². The summed E-state index contributed by atoms with van der Waals surface area (Å²) in [5, 5.41) is 8.79. The Balaban J connectivity index is 1.97. The number of hydrogen-bond acceptors (Lipinski definition) is 2. The predicted octanol–water partition coefficient (Wildman–Crippen LogP) is 5.52. The average Bonchev–Trinajstić information content (AvgIpc) is 2.38. The van der Waals surface area contributed by atoms with Crippen LogP contribution < -0.4 is 0 Å². The zero-order valence-electron chi connectivity index (χ0n) is 15.1. The molecule has 122 valence electrons. The average molecular weight is 300 g/mol. The Hall–Kier alpha value is -1.18. The van der Waals surface area contributed by atoms with Crippen molar-refractivity contribution < 1.29 is 0 Å². The van der Waals surface area contributed by atoms with E-state index >= 15 is 0 Å². The van der Waals surface area contributed by atoms with E-state index < -0.39 is 0 Å². The monoisotopic (exact) mass is 300 g/mol. The van der Waals surface area contributed by atoms with E-state index in [1.165, 1.54) is 24.0 Å². The second-order valence-corrected chi connectivity index (χ2v) is 7.79. The highest BCUT2D eigenvalue weighted by atomic mass is 15.2. The van der Waals surface area contributed by atoms with Crippen molar-refractivity contribution in [1.29, 1.82) is 0 Å². The van der Waals surface area contributed by atoms with Crippen molar-refractivity contribution in [1.82, 2.24) is 0 Å². The molecule has 22 heavy (non-hydrogen) atoms. The molecule has 0 aromatic heterocycles. The molecule has 0 spiro atoms. The Morgan fingerprint density at radius 2 is 1.14 bits per heavy atom. The molecule has 6 atom stereocenters. The van der Waals surface area contributed by atoms with Gasteiger partial charge in [0, 0.05) is 24.3 Å². The Kier molecular flexibility index (Phi) is 5.77. The van der Waals surface area contributed by atoms with E-state index in [4.69, 9.17) is 0 Å². The molecule has 0 heterocycles. The number of allylic oxidation sites excluding steroid dienone is 4. The van der Waals surface area contributed by atoms with Gasteiger partial charge in [-0.1, -0.05) is 51.0 Å². The van der Waals surface area contributed by atoms with Crippen molar-refractivity contribution in [2.45, 2.75) is 54.4 Å². The fraction of sp³-hybridized carbons (Fsp3) is 0.700. The van der Waals surface area contributed by atoms with Crippen molar-refractivity contribution in [2.75, 3.05) is 0 Å². The van der Waals surface area contributed by atoms with Crippen LogP contribution in [0.5, 0.6) is 0 Å². The van der Waals surface area contributed by atoms with Gasteiger partial charge in [0.1, 0.15) is 0 Å². The van der Waals surface area contributed by atoms with E-state index in [9.17, 15) is 0 Å². The molecule has 6 unspecified atom stereocenters. The zero-order valence-corrected chi connectivity index (χ0v) is 15.1. The van der Waals surface area contributed by atoms with Gasteiger partial charge in [-0.3, -0.25) is 0 Å². The molecule has 0 aromatic rings. The number of hydrogen-bond donors (Lipinski definition) is 0. The van der Waals surface area contributed by atoms with Gasteiger partial charge in [0.2, 0.25) is 0 Å². The van der Waals surface area contributed by atoms with Gasteiger partial charge in [-0.25, -0.2) is 0 Å². The SMILES string of the molecule is CC1=CC(C)C(C=NN=CC2C(C)C=C(C)CC2C)C(C)C1. The third-order valence-electron chi connectivity index (χ3n) is 5.46. The highest BCUT2D eigenvalue weighted by molar-refractivity contribution is 5.66. The third kappa shape index (κ3) is 4.18. The van der Waals surface area contributed by atoms with Crippen molar-refractivity contribution >= 4 is 12.4 Å². The first-order chi connectivity index (χ1) is 10.4. The van der Waals surface area contributed by atoms with Gasteiger partial charge in [0.15, 0.2) is 0 Å². The fourth-order valence-corrected chi connectivity index (χ4v) is 4.38. The smallest absolute Gasteiger partial charge is 0.0309 e. The second kappa shape index (κ2) is 7.39. The summed E-state index contributed by atoms with van der Waals surface area (Å²) in [5.41, 5.74) is 3.03. The third-order valence-corrected chi connectivity index (χ3v) is 5.46. The molecule has 0 aliphatic heterocycles. The van der Waals surface area contributed by atoms with E-state index in [1.54, 1.807) is 0 Å². The maximum absolute atomic E-state index is 4.40. The number of rotatable bonds is 3. The lowest BCUT2D eigenvalue weighted by molar-refractivity contribution is 0.360. The number of nitrogens with zero attached hydrogens (tertiary/aromatic N) is 2. The molecule has 0 aromatic carbocycles. The van der Waals surface area contributed by atoms with Crippen LogP contribution in [0.15, 0.2) is 33.5 Å². The van der Waals surface area contributed by atoms with Crippen LogP contribution in [0.2, 0.25) is 0 Å². The van der Waals surface area contributed by atoms with Gasteiger partial charge < -0.3 is 0 Å². The van der Waals surface area contributed by atoms with E-state index in [1.807, 2.05) is 0 Å². The molecule has 2 rings (SSSR count). The molecule has 2 aliphatic rings. The summed E-state index contributed by atoms with van der Waals surface area (Å²) in [7, 11) is 0. The molecule has 0 saturated heterocycles. The van der Waals surface area contributed by atoms with Crippen LogP contribution in [0.25, 0.3) is 0 Å². The highest BCUT2D eigenvalue weighted by Crippen LogP contribution is 2.33. The minimum atomic E-state index is 0.518. The standard InChI is InChI=1S/C20H32N2/c1-13-7-15(3)19(16(4)8-13)11-21-22-12-20-17(5)9-14(2)10-18(20)6/h7,9,11-12,15-20H,8,10H2,1-6H3. The van der Waals surface area contributed by atoms with Crippen LogP contribution in [0.3, 0.4) is 0 Å². The first-order valence-electron chi connectivity index (χ1n) is 8.79. The van der Waals surface area contributed by atoms with Gasteiger partial charge in [-0.15, -0.1) is 0 Å². The maximum atomic E-state index is 4.40. The first-order valence-corrected chi connectivity index (χ1v) is 8.79. The summed E-state index contributed by atoms with van der Waals surface area (Å²) in [6, 6.07) is 0. The van der Waals surface area contributed by atoms with E-state index in [2.05, 4.69) is 76.3 Å². The quantitative estimate of drug-likeness (QED) is 0.372. The van der Waals surface area contributed by atoms with Crippen LogP contribution in [0.1, 0.15) is 54.4 Å². The molecule has 0 saturated carbocycles. The Bertz CT molecular complexity index is 452. The predicted molar refractivity (Wildman–Crippen MR) is 97.4 cm³/mol. The molecule has 0 bridgehead atoms. The summed E-state index contributed by atoms with van der Waals surface area (Å²) in [6.07, 6.45) is 11.3. The highest BCUT2D eigenvalue weighted by Gasteiger charge is 2.26. The van der Waals surface area contributed by atoms with Crippen LogP contribution in [0.4, 0.5) is 0 Å². The molecule has 2 heteroatoms. The van der Waals surface area contributed by atoms with Gasteiger partial charge in [0.25, 0.3) is 0 Å². The molecule has 0 fully saturated rings. The van der Waals surface area contributed by atoms with Crippen molar-refractivity contribution in [3.05, 3.63) is 23.3 Å². The molecule has 0 amide bonds. The maximum Gasteiger partial charge on any atom is 0.0309 e. The van der Waals surface area contributed by atoms with E-state index in [0.717, 1.165) is 0 Å². The Morgan fingerprint density at radius 3 is 1.45 bits per heavy atom. The second-order valence-electron chi connectivity index (χ2n) is 7.79. The van der Waals surface area contributed by atoms with Gasteiger partial charge in [0.05, 0.1) is 0 Å². The van der Waals surface area contributed by atoms with Crippen LogP contribution >= 0.6 is 0 Å². The molecule has 0 radical (unpaired) electrons. The summed E-state index contributed by atoms with van der Waals surface area (Å²) >= 11 is 0. The topological polar surface area (TPSA) is 24.7 Å². The minimum absolute atomic E-state index is 0.518. The fourth-order valence-electron chi connectivity index (χ4n) is 4.38. The van der Waals surface area contributed by atoms with Crippen molar-refractivity contribution in [3.63, 3.8) is 0 Å². The zero-order chi connectivity index (χ0) is 16.3. The van der Waals surface area contributed by atoms with Crippen LogP contribution in [-0.2, 0) is 0 Å². The van der Waals surface area contributed by atoms with Gasteiger partial charge >= 0.3 is 0 Å². The molecule has 0 N–H and O–H groups in total. The Morgan fingerprint density at radius 1 is 0.773 bits per heavy atom. The largest absolute Gasteiger partial charge is 0.164 e. The minimum Gasteiger partial charge on any atom is -0.164 e. The summed E-state index contributed by atoms with van der Waals surface area (Å²) < 4.78 is 0. The summed E-state index contributed by atoms with van der Waals surface area (Å²) in [4.78, 5) is 0. The lowest BCUT2D eigenvalue weighted by Gasteiger charge is -2.30.